The van der Waals surface area contributed by atoms with Gasteiger partial charge in [0.05, 0.1) is 26.7 Å². The molecule has 8 nitrogen and oxygen atoms in total. The maximum Gasteiger partial charge on any atom is 0.244 e. The number of nitrogens with one attached hydrogen (secondary N) is 1. The highest BCUT2D eigenvalue weighted by atomic mass is 16.5. The fourth-order valence-corrected chi connectivity index (χ4v) is 2.20. The largest absolute Gasteiger partial charge is 0.493 e. The molecule has 2 heterocycles. The van der Waals surface area contributed by atoms with E-state index in [1.54, 1.807) is 49.5 Å². The number of carbonyl (C=O) groups excluding carboxylic acids is 1. The molecule has 0 fully saturated rings. The van der Waals surface area contributed by atoms with Crippen molar-refractivity contribution in [2.24, 2.45) is 0 Å². The number of benzene rings is 1. The van der Waals surface area contributed by atoms with Crippen molar-refractivity contribution in [2.45, 2.75) is 6.54 Å². The molecule has 1 amide bonds. The minimum Gasteiger partial charge on any atom is -0.493 e. The van der Waals surface area contributed by atoms with E-state index in [1.807, 2.05) is 0 Å². The van der Waals surface area contributed by atoms with Gasteiger partial charge in [0.15, 0.2) is 17.1 Å². The fraction of sp³-hybridized carbons (Fsp3) is 0.200. The zero-order valence-corrected chi connectivity index (χ0v) is 12.7. The van der Waals surface area contributed by atoms with Crippen LogP contribution in [0.15, 0.2) is 37.1 Å². The second kappa shape index (κ2) is 6.30. The van der Waals surface area contributed by atoms with Gasteiger partial charge in [-0.25, -0.2) is 15.0 Å². The molecular formula is C15H15N5O3. The van der Waals surface area contributed by atoms with Crippen molar-refractivity contribution in [3.63, 3.8) is 0 Å². The quantitative estimate of drug-likeness (QED) is 0.767. The van der Waals surface area contributed by atoms with Gasteiger partial charge < -0.3 is 19.4 Å². The van der Waals surface area contributed by atoms with Crippen LogP contribution in [0.5, 0.6) is 11.5 Å². The first-order valence-corrected chi connectivity index (χ1v) is 6.84. The average Bonchev–Trinajstić information content (AvgIpc) is 2.97. The van der Waals surface area contributed by atoms with Gasteiger partial charge >= 0.3 is 0 Å². The number of nitrogens with zero attached hydrogens (tertiary/aromatic N) is 4. The first-order valence-electron chi connectivity index (χ1n) is 6.84. The van der Waals surface area contributed by atoms with Crippen LogP contribution in [0.25, 0.3) is 11.2 Å². The monoisotopic (exact) mass is 313 g/mol. The Balaban J connectivity index is 1.74. The molecule has 0 spiro atoms. The maximum absolute atomic E-state index is 12.2. The molecule has 1 aromatic carbocycles. The fourth-order valence-electron chi connectivity index (χ4n) is 2.20. The smallest absolute Gasteiger partial charge is 0.244 e. The third-order valence-corrected chi connectivity index (χ3v) is 3.26. The van der Waals surface area contributed by atoms with E-state index >= 15 is 0 Å². The Bertz CT molecular complexity index is 846. The number of fused-ring (bicyclic) bond motifs is 1. The van der Waals surface area contributed by atoms with Gasteiger partial charge in [0, 0.05) is 11.8 Å². The molecule has 0 aliphatic rings. The molecule has 8 heteroatoms. The molecule has 0 saturated heterocycles. The summed E-state index contributed by atoms with van der Waals surface area (Å²) in [6, 6.07) is 5.17. The van der Waals surface area contributed by atoms with Crippen LogP contribution in [0.2, 0.25) is 0 Å². The summed E-state index contributed by atoms with van der Waals surface area (Å²) in [5.41, 5.74) is 1.88. The van der Waals surface area contributed by atoms with Crippen molar-refractivity contribution < 1.29 is 14.3 Å². The highest BCUT2D eigenvalue weighted by molar-refractivity contribution is 5.91. The van der Waals surface area contributed by atoms with E-state index in [2.05, 4.69) is 20.3 Å². The van der Waals surface area contributed by atoms with E-state index in [9.17, 15) is 4.79 Å². The van der Waals surface area contributed by atoms with Gasteiger partial charge in [-0.1, -0.05) is 0 Å². The molecule has 23 heavy (non-hydrogen) atoms. The van der Waals surface area contributed by atoms with Crippen molar-refractivity contribution >= 4 is 22.8 Å². The van der Waals surface area contributed by atoms with Crippen LogP contribution in [-0.2, 0) is 11.3 Å². The number of aromatic nitrogens is 4. The molecule has 3 aromatic rings. The van der Waals surface area contributed by atoms with E-state index in [-0.39, 0.29) is 12.5 Å². The van der Waals surface area contributed by atoms with Crippen LogP contribution < -0.4 is 14.8 Å². The first-order chi connectivity index (χ1) is 11.2. The lowest BCUT2D eigenvalue weighted by Crippen LogP contribution is -2.18. The number of imidazole rings is 1. The Kier molecular flexibility index (Phi) is 4.05. The lowest BCUT2D eigenvalue weighted by atomic mass is 10.2. The normalized spacial score (nSPS) is 10.5. The van der Waals surface area contributed by atoms with Crippen molar-refractivity contribution in [3.05, 3.63) is 37.1 Å². The molecule has 2 aromatic heterocycles. The maximum atomic E-state index is 12.2. The van der Waals surface area contributed by atoms with Gasteiger partial charge in [0.25, 0.3) is 0 Å². The van der Waals surface area contributed by atoms with E-state index in [0.717, 1.165) is 0 Å². The third kappa shape index (κ3) is 3.05. The number of carbonyl (C=O) groups is 1. The van der Waals surface area contributed by atoms with Gasteiger partial charge in [-0.05, 0) is 12.1 Å². The Morgan fingerprint density at radius 1 is 1.22 bits per heavy atom. The molecule has 0 atom stereocenters. The molecule has 3 rings (SSSR count). The minimum atomic E-state index is -0.199. The summed E-state index contributed by atoms with van der Waals surface area (Å²) in [4.78, 5) is 24.4. The number of amides is 1. The predicted octanol–water partition coefficient (Wildman–Crippen LogP) is 1.48. The Morgan fingerprint density at radius 3 is 2.83 bits per heavy atom. The van der Waals surface area contributed by atoms with Gasteiger partial charge in [0.1, 0.15) is 18.4 Å². The van der Waals surface area contributed by atoms with Gasteiger partial charge in [-0.15, -0.1) is 0 Å². The number of hydrogen-bond acceptors (Lipinski definition) is 6. The van der Waals surface area contributed by atoms with Crippen LogP contribution >= 0.6 is 0 Å². The van der Waals surface area contributed by atoms with Crippen molar-refractivity contribution in [1.29, 1.82) is 0 Å². The summed E-state index contributed by atoms with van der Waals surface area (Å²) in [6.07, 6.45) is 4.59. The summed E-state index contributed by atoms with van der Waals surface area (Å²) in [5.74, 6) is 0.948. The van der Waals surface area contributed by atoms with Gasteiger partial charge in [-0.2, -0.15) is 0 Å². The van der Waals surface area contributed by atoms with Gasteiger partial charge in [-0.3, -0.25) is 4.79 Å². The number of methoxy groups -OCH3 is 2. The van der Waals surface area contributed by atoms with E-state index in [1.165, 1.54) is 6.33 Å². The van der Waals surface area contributed by atoms with E-state index in [4.69, 9.17) is 9.47 Å². The molecule has 1 N–H and O–H groups in total. The number of hydrogen-bond donors (Lipinski definition) is 1. The standard InChI is InChI=1S/C15H15N5O3/c1-22-12-4-3-10(5-13(12)23-2)19-14(21)7-20-9-18-11-6-16-8-17-15(11)20/h3-6,8-9H,7H2,1-2H3,(H,19,21). The molecule has 0 unspecified atom stereocenters. The number of ether oxygens (including phenoxy) is 2. The Hall–Kier alpha value is -3.16. The average molecular weight is 313 g/mol. The summed E-state index contributed by atoms with van der Waals surface area (Å²) in [5, 5.41) is 2.80. The van der Waals surface area contributed by atoms with Crippen LogP contribution in [0.3, 0.4) is 0 Å². The third-order valence-electron chi connectivity index (χ3n) is 3.26. The molecule has 0 aliphatic carbocycles. The van der Waals surface area contributed by atoms with Crippen molar-refractivity contribution in [2.75, 3.05) is 19.5 Å². The van der Waals surface area contributed by atoms with Crippen molar-refractivity contribution in [1.82, 2.24) is 19.5 Å². The molecule has 0 bridgehead atoms. The van der Waals surface area contributed by atoms with Crippen LogP contribution in [0.1, 0.15) is 0 Å². The second-order valence-electron chi connectivity index (χ2n) is 4.72. The van der Waals surface area contributed by atoms with Crippen LogP contribution in [0.4, 0.5) is 5.69 Å². The summed E-state index contributed by atoms with van der Waals surface area (Å²) < 4.78 is 12.0. The summed E-state index contributed by atoms with van der Waals surface area (Å²) >= 11 is 0. The number of anilines is 1. The van der Waals surface area contributed by atoms with Gasteiger partial charge in [0.2, 0.25) is 5.91 Å². The molecule has 0 saturated carbocycles. The predicted molar refractivity (Wildman–Crippen MR) is 83.5 cm³/mol. The first kappa shape index (κ1) is 14.8. The highest BCUT2D eigenvalue weighted by Crippen LogP contribution is 2.29. The minimum absolute atomic E-state index is 0.0991. The van der Waals surface area contributed by atoms with E-state index < -0.39 is 0 Å². The molecule has 0 radical (unpaired) electrons. The van der Waals surface area contributed by atoms with Crippen LogP contribution in [-0.4, -0.2) is 39.6 Å². The molecular weight excluding hydrogens is 298 g/mol. The lowest BCUT2D eigenvalue weighted by molar-refractivity contribution is -0.116. The van der Waals surface area contributed by atoms with Crippen molar-refractivity contribution in [3.8, 4) is 11.5 Å². The second-order valence-corrected chi connectivity index (χ2v) is 4.72. The summed E-state index contributed by atoms with van der Waals surface area (Å²) in [7, 11) is 3.10. The Morgan fingerprint density at radius 2 is 2.04 bits per heavy atom. The Labute approximate surface area is 132 Å². The van der Waals surface area contributed by atoms with Crippen LogP contribution in [0, 0.1) is 0 Å². The molecule has 0 aliphatic heterocycles. The zero-order chi connectivity index (χ0) is 16.2. The zero-order valence-electron chi connectivity index (χ0n) is 12.7. The topological polar surface area (TPSA) is 91.2 Å². The highest BCUT2D eigenvalue weighted by Gasteiger charge is 2.10. The number of rotatable bonds is 5. The lowest BCUT2D eigenvalue weighted by Gasteiger charge is -2.11. The summed E-state index contributed by atoms with van der Waals surface area (Å²) in [6.45, 7) is 0.0991. The van der Waals surface area contributed by atoms with E-state index in [0.29, 0.717) is 28.4 Å². The molecule has 118 valence electrons. The SMILES string of the molecule is COc1ccc(NC(=O)Cn2cnc3cncnc32)cc1OC.